The van der Waals surface area contributed by atoms with E-state index < -0.39 is 12.0 Å². The van der Waals surface area contributed by atoms with E-state index in [-0.39, 0.29) is 0 Å². The molecule has 5 nitrogen and oxygen atoms in total. The van der Waals surface area contributed by atoms with Crippen LogP contribution < -0.4 is 0 Å². The molecule has 102 valence electrons. The van der Waals surface area contributed by atoms with E-state index in [4.69, 9.17) is 9.52 Å². The molecule has 0 amide bonds. The standard InChI is InChI=1S/C13H16N2O3S/c1-8(13(16)17)15(3)7-10-9(2)18-12(14-10)11-5-4-6-19-11/h4-6,8H,7H2,1-3H3,(H,16,17). The van der Waals surface area contributed by atoms with Crippen molar-refractivity contribution in [3.63, 3.8) is 0 Å². The number of aromatic nitrogens is 1. The summed E-state index contributed by atoms with van der Waals surface area (Å²) in [6.45, 7) is 3.95. The lowest BCUT2D eigenvalue weighted by Gasteiger charge is -2.19. The second-order valence-electron chi connectivity index (χ2n) is 4.43. The maximum atomic E-state index is 10.9. The summed E-state index contributed by atoms with van der Waals surface area (Å²) in [6.07, 6.45) is 0. The molecule has 2 aromatic heterocycles. The molecule has 0 saturated carbocycles. The number of carbonyl (C=O) groups is 1. The van der Waals surface area contributed by atoms with Crippen LogP contribution in [0.1, 0.15) is 18.4 Å². The molecular weight excluding hydrogens is 264 g/mol. The summed E-state index contributed by atoms with van der Waals surface area (Å²) in [5, 5.41) is 10.9. The molecule has 6 heteroatoms. The molecule has 2 aromatic rings. The van der Waals surface area contributed by atoms with E-state index in [9.17, 15) is 4.79 Å². The molecule has 0 spiro atoms. The van der Waals surface area contributed by atoms with Crippen molar-refractivity contribution in [3.05, 3.63) is 29.0 Å². The van der Waals surface area contributed by atoms with Crippen molar-refractivity contribution in [2.45, 2.75) is 26.4 Å². The van der Waals surface area contributed by atoms with Gasteiger partial charge in [-0.25, -0.2) is 4.98 Å². The van der Waals surface area contributed by atoms with E-state index >= 15 is 0 Å². The van der Waals surface area contributed by atoms with Gasteiger partial charge in [0.1, 0.15) is 11.8 Å². The van der Waals surface area contributed by atoms with Gasteiger partial charge in [0.2, 0.25) is 5.89 Å². The molecule has 1 unspecified atom stereocenters. The Morgan fingerprint density at radius 3 is 2.95 bits per heavy atom. The highest BCUT2D eigenvalue weighted by molar-refractivity contribution is 7.13. The maximum Gasteiger partial charge on any atom is 0.320 e. The van der Waals surface area contributed by atoms with Gasteiger partial charge in [0.15, 0.2) is 0 Å². The van der Waals surface area contributed by atoms with Crippen molar-refractivity contribution in [2.75, 3.05) is 7.05 Å². The lowest BCUT2D eigenvalue weighted by molar-refractivity contribution is -0.142. The molecule has 2 rings (SSSR count). The van der Waals surface area contributed by atoms with E-state index in [1.807, 2.05) is 24.4 Å². The molecule has 0 fully saturated rings. The van der Waals surface area contributed by atoms with Gasteiger partial charge in [0.05, 0.1) is 10.6 Å². The number of oxazole rings is 1. The van der Waals surface area contributed by atoms with Crippen molar-refractivity contribution in [3.8, 4) is 10.8 Å². The highest BCUT2D eigenvalue weighted by Crippen LogP contribution is 2.26. The highest BCUT2D eigenvalue weighted by Gasteiger charge is 2.20. The van der Waals surface area contributed by atoms with Crippen LogP contribution in [0.25, 0.3) is 10.8 Å². The Kier molecular flexibility index (Phi) is 4.01. The van der Waals surface area contributed by atoms with Gasteiger partial charge in [0, 0.05) is 6.54 Å². The van der Waals surface area contributed by atoms with Crippen LogP contribution in [0.2, 0.25) is 0 Å². The van der Waals surface area contributed by atoms with E-state index in [1.165, 1.54) is 0 Å². The molecule has 0 aliphatic carbocycles. The average molecular weight is 280 g/mol. The summed E-state index contributed by atoms with van der Waals surface area (Å²) < 4.78 is 5.63. The largest absolute Gasteiger partial charge is 0.480 e. The van der Waals surface area contributed by atoms with Crippen molar-refractivity contribution in [2.24, 2.45) is 0 Å². The van der Waals surface area contributed by atoms with E-state index in [1.54, 1.807) is 30.2 Å². The summed E-state index contributed by atoms with van der Waals surface area (Å²) in [5.74, 6) is 0.480. The van der Waals surface area contributed by atoms with Crippen LogP contribution in [0.4, 0.5) is 0 Å². The summed E-state index contributed by atoms with van der Waals surface area (Å²) in [7, 11) is 1.76. The van der Waals surface area contributed by atoms with Crippen LogP contribution in [0.5, 0.6) is 0 Å². The van der Waals surface area contributed by atoms with Crippen LogP contribution >= 0.6 is 11.3 Å². The number of aliphatic carboxylic acids is 1. The first-order valence-corrected chi connectivity index (χ1v) is 6.80. The predicted molar refractivity (Wildman–Crippen MR) is 73.1 cm³/mol. The molecule has 1 atom stereocenters. The first kappa shape index (κ1) is 13.8. The van der Waals surface area contributed by atoms with Gasteiger partial charge in [-0.2, -0.15) is 0 Å². The number of nitrogens with zero attached hydrogens (tertiary/aromatic N) is 2. The predicted octanol–water partition coefficient (Wildman–Crippen LogP) is 2.62. The SMILES string of the molecule is Cc1oc(-c2cccs2)nc1CN(C)C(C)C(=O)O. The fourth-order valence-corrected chi connectivity index (χ4v) is 2.29. The molecule has 19 heavy (non-hydrogen) atoms. The molecule has 0 aromatic carbocycles. The third kappa shape index (κ3) is 3.02. The molecule has 0 bridgehead atoms. The van der Waals surface area contributed by atoms with Gasteiger partial charge in [0.25, 0.3) is 0 Å². The van der Waals surface area contributed by atoms with Crippen LogP contribution in [-0.4, -0.2) is 34.0 Å². The monoisotopic (exact) mass is 280 g/mol. The molecule has 1 N–H and O–H groups in total. The van der Waals surface area contributed by atoms with Gasteiger partial charge in [-0.1, -0.05) is 6.07 Å². The number of hydrogen-bond acceptors (Lipinski definition) is 5. The molecule has 2 heterocycles. The summed E-state index contributed by atoms with van der Waals surface area (Å²) in [4.78, 5) is 18.1. The Bertz CT molecular complexity index is 562. The normalized spacial score (nSPS) is 12.8. The minimum atomic E-state index is -0.845. The number of thiophene rings is 1. The van der Waals surface area contributed by atoms with Gasteiger partial charge in [-0.3, -0.25) is 9.69 Å². The second kappa shape index (κ2) is 5.54. The Hall–Kier alpha value is -1.66. The highest BCUT2D eigenvalue weighted by atomic mass is 32.1. The van der Waals surface area contributed by atoms with E-state index in [0.29, 0.717) is 12.4 Å². The van der Waals surface area contributed by atoms with Crippen molar-refractivity contribution in [1.82, 2.24) is 9.88 Å². The molecule has 0 aliphatic heterocycles. The summed E-state index contributed by atoms with van der Waals surface area (Å²) in [6, 6.07) is 3.34. The van der Waals surface area contributed by atoms with Crippen molar-refractivity contribution in [1.29, 1.82) is 0 Å². The number of carboxylic acids is 1. The Morgan fingerprint density at radius 2 is 2.37 bits per heavy atom. The fourth-order valence-electron chi connectivity index (χ4n) is 1.64. The molecular formula is C13H16N2O3S. The number of likely N-dealkylation sites (N-methyl/N-ethyl adjacent to an activating group) is 1. The molecule has 0 aliphatic rings. The van der Waals surface area contributed by atoms with Gasteiger partial charge in [-0.15, -0.1) is 11.3 Å². The maximum absolute atomic E-state index is 10.9. The average Bonchev–Trinajstić information content (AvgIpc) is 2.98. The zero-order valence-corrected chi connectivity index (χ0v) is 11.9. The van der Waals surface area contributed by atoms with Crippen LogP contribution in [0.15, 0.2) is 21.9 Å². The Morgan fingerprint density at radius 1 is 1.63 bits per heavy atom. The lowest BCUT2D eigenvalue weighted by atomic mass is 10.2. The fraction of sp³-hybridized carbons (Fsp3) is 0.385. The minimum absolute atomic E-state index is 0.453. The third-order valence-corrected chi connectivity index (χ3v) is 3.90. The number of rotatable bonds is 5. The van der Waals surface area contributed by atoms with Gasteiger partial charge < -0.3 is 9.52 Å². The third-order valence-electron chi connectivity index (χ3n) is 3.04. The van der Waals surface area contributed by atoms with Crippen LogP contribution in [0, 0.1) is 6.92 Å². The Labute approximate surface area is 115 Å². The van der Waals surface area contributed by atoms with E-state index in [2.05, 4.69) is 4.98 Å². The first-order valence-electron chi connectivity index (χ1n) is 5.92. The van der Waals surface area contributed by atoms with Gasteiger partial charge >= 0.3 is 5.97 Å². The number of aryl methyl sites for hydroxylation is 1. The first-order chi connectivity index (χ1) is 8.99. The second-order valence-corrected chi connectivity index (χ2v) is 5.38. The van der Waals surface area contributed by atoms with Crippen LogP contribution in [0.3, 0.4) is 0 Å². The Balaban J connectivity index is 2.16. The summed E-state index contributed by atoms with van der Waals surface area (Å²) in [5.41, 5.74) is 0.777. The van der Waals surface area contributed by atoms with Crippen molar-refractivity contribution < 1.29 is 14.3 Å². The molecule has 0 radical (unpaired) electrons. The van der Waals surface area contributed by atoms with E-state index in [0.717, 1.165) is 16.3 Å². The topological polar surface area (TPSA) is 66.6 Å². The quantitative estimate of drug-likeness (QED) is 0.912. The minimum Gasteiger partial charge on any atom is -0.480 e. The number of hydrogen-bond donors (Lipinski definition) is 1. The molecule has 0 saturated heterocycles. The summed E-state index contributed by atoms with van der Waals surface area (Å²) >= 11 is 1.56. The van der Waals surface area contributed by atoms with Gasteiger partial charge in [-0.05, 0) is 32.3 Å². The lowest BCUT2D eigenvalue weighted by Crippen LogP contribution is -2.35. The smallest absolute Gasteiger partial charge is 0.320 e. The zero-order chi connectivity index (χ0) is 14.0. The van der Waals surface area contributed by atoms with Crippen molar-refractivity contribution >= 4 is 17.3 Å². The number of carboxylic acid groups (broad SMARTS) is 1. The van der Waals surface area contributed by atoms with Crippen LogP contribution in [-0.2, 0) is 11.3 Å². The zero-order valence-electron chi connectivity index (χ0n) is 11.1.